The van der Waals surface area contributed by atoms with Crippen molar-refractivity contribution in [2.45, 2.75) is 26.7 Å². The van der Waals surface area contributed by atoms with Crippen molar-refractivity contribution in [3.63, 3.8) is 0 Å². The molecule has 1 aliphatic rings. The Morgan fingerprint density at radius 2 is 1.88 bits per heavy atom. The van der Waals surface area contributed by atoms with Gasteiger partial charge < -0.3 is 4.90 Å². The Balaban J connectivity index is 2.18. The molecule has 0 saturated carbocycles. The molecule has 0 atom stereocenters. The van der Waals surface area contributed by atoms with Gasteiger partial charge in [-0.2, -0.15) is 5.26 Å². The van der Waals surface area contributed by atoms with E-state index in [-0.39, 0.29) is 0 Å². The van der Waals surface area contributed by atoms with E-state index in [1.165, 1.54) is 0 Å². The van der Waals surface area contributed by atoms with Crippen LogP contribution in [-0.2, 0) is 0 Å². The third-order valence-corrected chi connectivity index (χ3v) is 3.20. The molecule has 1 fully saturated rings. The summed E-state index contributed by atoms with van der Waals surface area (Å²) in [6.07, 6.45) is 5.48. The monoisotopic (exact) mass is 216 g/mol. The van der Waals surface area contributed by atoms with Gasteiger partial charge in [-0.05, 0) is 18.3 Å². The van der Waals surface area contributed by atoms with E-state index in [1.54, 1.807) is 12.4 Å². The Morgan fingerprint density at radius 3 is 2.50 bits per heavy atom. The van der Waals surface area contributed by atoms with E-state index in [9.17, 15) is 0 Å². The maximum atomic E-state index is 8.97. The van der Waals surface area contributed by atoms with Crippen LogP contribution in [0.25, 0.3) is 0 Å². The number of nitriles is 1. The highest BCUT2D eigenvalue weighted by Gasteiger charge is 2.27. The van der Waals surface area contributed by atoms with Crippen LogP contribution in [-0.4, -0.2) is 23.1 Å². The predicted molar refractivity (Wildman–Crippen MR) is 62.0 cm³/mol. The summed E-state index contributed by atoms with van der Waals surface area (Å²) in [5.74, 6) is 0.737. The molecule has 1 aromatic heterocycles. The van der Waals surface area contributed by atoms with Crippen LogP contribution in [0.4, 0.5) is 5.82 Å². The highest BCUT2D eigenvalue weighted by atomic mass is 15.2. The van der Waals surface area contributed by atoms with Crippen LogP contribution in [0.3, 0.4) is 0 Å². The molecule has 1 saturated heterocycles. The second-order valence-corrected chi connectivity index (χ2v) is 4.99. The summed E-state index contributed by atoms with van der Waals surface area (Å²) in [4.78, 5) is 10.5. The van der Waals surface area contributed by atoms with E-state index in [0.717, 1.165) is 31.7 Å². The van der Waals surface area contributed by atoms with Gasteiger partial charge in [-0.1, -0.05) is 13.8 Å². The molecule has 0 amide bonds. The van der Waals surface area contributed by atoms with Gasteiger partial charge in [-0.3, -0.25) is 0 Å². The minimum absolute atomic E-state index is 0.408. The molecule has 84 valence electrons. The molecule has 2 rings (SSSR count). The van der Waals surface area contributed by atoms with Crippen LogP contribution in [0.5, 0.6) is 0 Å². The zero-order valence-electron chi connectivity index (χ0n) is 9.77. The molecule has 0 N–H and O–H groups in total. The van der Waals surface area contributed by atoms with Crippen LogP contribution in [0.15, 0.2) is 12.4 Å². The molecule has 0 spiro atoms. The van der Waals surface area contributed by atoms with E-state index < -0.39 is 0 Å². The van der Waals surface area contributed by atoms with Gasteiger partial charge in [0.25, 0.3) is 0 Å². The lowest BCUT2D eigenvalue weighted by atomic mass is 9.83. The molecule has 1 aliphatic heterocycles. The van der Waals surface area contributed by atoms with Crippen molar-refractivity contribution in [2.24, 2.45) is 5.41 Å². The molecule has 4 nitrogen and oxygen atoms in total. The minimum Gasteiger partial charge on any atom is -0.354 e. The van der Waals surface area contributed by atoms with Gasteiger partial charge in [-0.15, -0.1) is 0 Å². The fraction of sp³-hybridized carbons (Fsp3) is 0.583. The first kappa shape index (κ1) is 10.9. The Bertz CT molecular complexity index is 409. The number of hydrogen-bond donors (Lipinski definition) is 0. The zero-order chi connectivity index (χ0) is 11.6. The van der Waals surface area contributed by atoms with Crippen molar-refractivity contribution in [3.8, 4) is 6.07 Å². The SMILES string of the molecule is CC1(C)CCN(c2nccnc2C#N)CC1. The summed E-state index contributed by atoms with van der Waals surface area (Å²) in [6, 6.07) is 2.10. The smallest absolute Gasteiger partial charge is 0.183 e. The van der Waals surface area contributed by atoms with Gasteiger partial charge in [-0.25, -0.2) is 9.97 Å². The molecule has 0 aliphatic carbocycles. The minimum atomic E-state index is 0.408. The Morgan fingerprint density at radius 1 is 1.25 bits per heavy atom. The second kappa shape index (κ2) is 4.09. The lowest BCUT2D eigenvalue weighted by molar-refractivity contribution is 0.279. The molecule has 0 aromatic carbocycles. The predicted octanol–water partition coefficient (Wildman–Crippen LogP) is 1.97. The molecule has 0 radical (unpaired) electrons. The first-order valence-electron chi connectivity index (χ1n) is 5.58. The third kappa shape index (κ3) is 2.13. The van der Waals surface area contributed by atoms with Gasteiger partial charge in [0.2, 0.25) is 0 Å². The fourth-order valence-electron chi connectivity index (χ4n) is 1.96. The average Bonchev–Trinajstić information content (AvgIpc) is 2.29. The van der Waals surface area contributed by atoms with Crippen molar-refractivity contribution in [3.05, 3.63) is 18.1 Å². The maximum absolute atomic E-state index is 8.97. The highest BCUT2D eigenvalue weighted by Crippen LogP contribution is 2.31. The third-order valence-electron chi connectivity index (χ3n) is 3.20. The molecular formula is C12H16N4. The number of anilines is 1. The molecular weight excluding hydrogens is 200 g/mol. The van der Waals surface area contributed by atoms with Gasteiger partial charge >= 0.3 is 0 Å². The maximum Gasteiger partial charge on any atom is 0.183 e. The highest BCUT2D eigenvalue weighted by molar-refractivity contribution is 5.49. The van der Waals surface area contributed by atoms with E-state index in [0.29, 0.717) is 11.1 Å². The molecule has 16 heavy (non-hydrogen) atoms. The zero-order valence-corrected chi connectivity index (χ0v) is 9.77. The number of aromatic nitrogens is 2. The van der Waals surface area contributed by atoms with Crippen molar-refractivity contribution in [1.82, 2.24) is 9.97 Å². The number of nitrogens with zero attached hydrogens (tertiary/aromatic N) is 4. The Kier molecular flexibility index (Phi) is 2.78. The van der Waals surface area contributed by atoms with Crippen molar-refractivity contribution in [1.29, 1.82) is 5.26 Å². The first-order valence-corrected chi connectivity index (χ1v) is 5.58. The van der Waals surface area contributed by atoms with Crippen molar-refractivity contribution < 1.29 is 0 Å². The lowest BCUT2D eigenvalue weighted by Gasteiger charge is -2.37. The van der Waals surface area contributed by atoms with E-state index in [4.69, 9.17) is 5.26 Å². The largest absolute Gasteiger partial charge is 0.354 e. The van der Waals surface area contributed by atoms with Gasteiger partial charge in [0.15, 0.2) is 11.5 Å². The molecule has 1 aromatic rings. The molecule has 4 heteroatoms. The number of rotatable bonds is 1. The number of piperidine rings is 1. The summed E-state index contributed by atoms with van der Waals surface area (Å²) >= 11 is 0. The molecule has 0 bridgehead atoms. The summed E-state index contributed by atoms with van der Waals surface area (Å²) < 4.78 is 0. The first-order chi connectivity index (χ1) is 7.62. The van der Waals surface area contributed by atoms with Crippen LogP contribution in [0.2, 0.25) is 0 Å². The number of hydrogen-bond acceptors (Lipinski definition) is 4. The van der Waals surface area contributed by atoms with Crippen LogP contribution >= 0.6 is 0 Å². The van der Waals surface area contributed by atoms with Gasteiger partial charge in [0.1, 0.15) is 6.07 Å². The normalized spacial score (nSPS) is 19.2. The second-order valence-electron chi connectivity index (χ2n) is 4.99. The topological polar surface area (TPSA) is 52.8 Å². The summed E-state index contributed by atoms with van der Waals surface area (Å²) in [5, 5.41) is 8.97. The Labute approximate surface area is 95.9 Å². The fourth-order valence-corrected chi connectivity index (χ4v) is 1.96. The molecule has 2 heterocycles. The quantitative estimate of drug-likeness (QED) is 0.720. The lowest BCUT2D eigenvalue weighted by Crippen LogP contribution is -2.38. The van der Waals surface area contributed by atoms with E-state index in [1.807, 2.05) is 0 Å². The van der Waals surface area contributed by atoms with Gasteiger partial charge in [0.05, 0.1) is 0 Å². The summed E-state index contributed by atoms with van der Waals surface area (Å²) in [7, 11) is 0. The van der Waals surface area contributed by atoms with Crippen LogP contribution in [0.1, 0.15) is 32.4 Å². The van der Waals surface area contributed by atoms with Crippen molar-refractivity contribution in [2.75, 3.05) is 18.0 Å². The van der Waals surface area contributed by atoms with E-state index >= 15 is 0 Å². The molecule has 0 unspecified atom stereocenters. The summed E-state index contributed by atoms with van der Waals surface area (Å²) in [5.41, 5.74) is 0.841. The van der Waals surface area contributed by atoms with Crippen molar-refractivity contribution >= 4 is 5.82 Å². The summed E-state index contributed by atoms with van der Waals surface area (Å²) in [6.45, 7) is 6.49. The van der Waals surface area contributed by atoms with Crippen LogP contribution in [0, 0.1) is 16.7 Å². The van der Waals surface area contributed by atoms with E-state index in [2.05, 4.69) is 34.8 Å². The van der Waals surface area contributed by atoms with Gasteiger partial charge in [0, 0.05) is 25.5 Å². The van der Waals surface area contributed by atoms with Crippen LogP contribution < -0.4 is 4.90 Å². The average molecular weight is 216 g/mol. The standard InChI is InChI=1S/C12H16N4/c1-12(2)3-7-16(8-4-12)11-10(9-13)14-5-6-15-11/h5-6H,3-4,7-8H2,1-2H3. The Hall–Kier alpha value is -1.63.